The van der Waals surface area contributed by atoms with Crippen molar-refractivity contribution < 1.29 is 15.3 Å². The molecule has 110 valence electrons. The van der Waals surface area contributed by atoms with Crippen LogP contribution in [-0.2, 0) is 6.54 Å². The Morgan fingerprint density at radius 1 is 1.40 bits per heavy atom. The second kappa shape index (κ2) is 6.01. The molecule has 20 heavy (non-hydrogen) atoms. The van der Waals surface area contributed by atoms with Gasteiger partial charge in [0.15, 0.2) is 0 Å². The third kappa shape index (κ3) is 2.96. The van der Waals surface area contributed by atoms with Crippen LogP contribution in [0.25, 0.3) is 11.0 Å². The van der Waals surface area contributed by atoms with Gasteiger partial charge in [-0.3, -0.25) is 9.78 Å². The van der Waals surface area contributed by atoms with Gasteiger partial charge in [-0.25, -0.2) is 4.98 Å². The predicted molar refractivity (Wildman–Crippen MR) is 71.9 cm³/mol. The Labute approximate surface area is 113 Å². The van der Waals surface area contributed by atoms with E-state index >= 15 is 0 Å². The van der Waals surface area contributed by atoms with Crippen LogP contribution < -0.4 is 16.6 Å². The maximum atomic E-state index is 11.6. The summed E-state index contributed by atoms with van der Waals surface area (Å²) in [5.41, 5.74) is 6.63. The molecule has 0 saturated heterocycles. The highest BCUT2D eigenvalue weighted by Gasteiger charge is 2.15. The average Bonchev–Trinajstić information content (AvgIpc) is 2.81. The molecule has 0 aromatic carbocycles. The Morgan fingerprint density at radius 2 is 2.15 bits per heavy atom. The first-order valence-electron chi connectivity index (χ1n) is 6.06. The van der Waals surface area contributed by atoms with Crippen molar-refractivity contribution in [2.45, 2.75) is 18.8 Å². The summed E-state index contributed by atoms with van der Waals surface area (Å²) < 4.78 is 0. The quantitative estimate of drug-likeness (QED) is 0.312. The normalized spacial score (nSPS) is 14.6. The molecule has 9 heteroatoms. The van der Waals surface area contributed by atoms with E-state index in [2.05, 4.69) is 20.3 Å². The average molecular weight is 283 g/mol. The maximum Gasteiger partial charge on any atom is 0.276 e. The molecule has 0 spiro atoms. The summed E-state index contributed by atoms with van der Waals surface area (Å²) in [5.74, 6) is 0.0269. The summed E-state index contributed by atoms with van der Waals surface area (Å²) in [6.45, 7) is -0.0957. The van der Waals surface area contributed by atoms with Crippen LogP contribution in [0.15, 0.2) is 11.0 Å². The third-order valence-corrected chi connectivity index (χ3v) is 2.93. The number of aromatic nitrogens is 3. The van der Waals surface area contributed by atoms with E-state index in [1.807, 2.05) is 0 Å². The summed E-state index contributed by atoms with van der Waals surface area (Å²) in [6.07, 6.45) is -0.650. The minimum Gasteiger partial charge on any atom is -0.394 e. The summed E-state index contributed by atoms with van der Waals surface area (Å²) in [7, 11) is 0. The van der Waals surface area contributed by atoms with Gasteiger partial charge in [-0.05, 0) is 0 Å². The number of hydrogen-bond donors (Lipinski definition) is 7. The molecule has 0 unspecified atom stereocenters. The molecule has 0 bridgehead atoms. The molecule has 2 aromatic heterocycles. The minimum absolute atomic E-state index is 0.0269. The predicted octanol–water partition coefficient (Wildman–Crippen LogP) is -2.36. The fraction of sp³-hybridized carbons (Fsp3) is 0.455. The number of nitrogens with zero attached hydrogens (tertiary/aromatic N) is 1. The number of aliphatic hydroxyl groups is 3. The number of aromatic amines is 2. The van der Waals surface area contributed by atoms with Gasteiger partial charge in [-0.1, -0.05) is 0 Å². The molecule has 0 aliphatic carbocycles. The van der Waals surface area contributed by atoms with Crippen LogP contribution in [0.4, 0.5) is 5.95 Å². The van der Waals surface area contributed by atoms with Crippen molar-refractivity contribution in [3.8, 4) is 0 Å². The highest BCUT2D eigenvalue weighted by atomic mass is 16.4. The molecule has 0 radical (unpaired) electrons. The number of fused-ring (bicyclic) bond motifs is 1. The number of nitrogens with one attached hydrogen (secondary N) is 3. The topological polar surface area (TPSA) is 160 Å². The molecule has 0 aliphatic rings. The van der Waals surface area contributed by atoms with E-state index in [1.54, 1.807) is 6.20 Å². The van der Waals surface area contributed by atoms with E-state index in [0.717, 1.165) is 0 Å². The zero-order chi connectivity index (χ0) is 14.7. The molecule has 8 N–H and O–H groups in total. The van der Waals surface area contributed by atoms with Gasteiger partial charge in [-0.15, -0.1) is 0 Å². The first-order valence-corrected chi connectivity index (χ1v) is 6.06. The summed E-state index contributed by atoms with van der Waals surface area (Å²) in [6, 6.07) is 0. The first-order chi connectivity index (χ1) is 9.52. The molecule has 9 nitrogen and oxygen atoms in total. The van der Waals surface area contributed by atoms with Gasteiger partial charge in [0.25, 0.3) is 5.56 Å². The fourth-order valence-corrected chi connectivity index (χ4v) is 1.83. The highest BCUT2D eigenvalue weighted by Crippen LogP contribution is 2.12. The largest absolute Gasteiger partial charge is 0.394 e. The number of anilines is 1. The summed E-state index contributed by atoms with van der Waals surface area (Å²) in [4.78, 5) is 20.8. The van der Waals surface area contributed by atoms with E-state index in [0.29, 0.717) is 23.1 Å². The monoisotopic (exact) mass is 283 g/mol. The van der Waals surface area contributed by atoms with E-state index < -0.39 is 18.8 Å². The number of aliphatic hydroxyl groups excluding tert-OH is 3. The van der Waals surface area contributed by atoms with Crippen LogP contribution in [0.2, 0.25) is 0 Å². The van der Waals surface area contributed by atoms with Crippen LogP contribution in [-0.4, -0.2) is 55.6 Å². The Hall–Kier alpha value is -1.94. The summed E-state index contributed by atoms with van der Waals surface area (Å²) in [5, 5.41) is 30.3. The smallest absolute Gasteiger partial charge is 0.276 e. The van der Waals surface area contributed by atoms with Gasteiger partial charge < -0.3 is 31.4 Å². The van der Waals surface area contributed by atoms with Crippen molar-refractivity contribution in [3.05, 3.63) is 22.1 Å². The molecule has 2 atom stereocenters. The van der Waals surface area contributed by atoms with Crippen LogP contribution >= 0.6 is 0 Å². The SMILES string of the molecule is Nc1nc2c(CNC[C@@H](O)[C@@H](O)CO)c[nH]c2c(=O)[nH]1. The second-order valence-corrected chi connectivity index (χ2v) is 4.44. The molecular weight excluding hydrogens is 266 g/mol. The Kier molecular flexibility index (Phi) is 4.35. The van der Waals surface area contributed by atoms with Gasteiger partial charge in [0.05, 0.1) is 12.7 Å². The van der Waals surface area contributed by atoms with E-state index in [-0.39, 0.29) is 18.1 Å². The lowest BCUT2D eigenvalue weighted by Gasteiger charge is -2.15. The third-order valence-electron chi connectivity index (χ3n) is 2.93. The van der Waals surface area contributed by atoms with Crippen LogP contribution in [0, 0.1) is 0 Å². The number of nitrogens with two attached hydrogens (primary N) is 1. The number of hydrogen-bond acceptors (Lipinski definition) is 7. The molecule has 0 fully saturated rings. The second-order valence-electron chi connectivity index (χ2n) is 4.44. The minimum atomic E-state index is -1.19. The zero-order valence-corrected chi connectivity index (χ0v) is 10.6. The molecule has 0 aliphatic heterocycles. The Morgan fingerprint density at radius 3 is 2.85 bits per heavy atom. The van der Waals surface area contributed by atoms with Crippen LogP contribution in [0.1, 0.15) is 5.56 Å². The van der Waals surface area contributed by atoms with Gasteiger partial charge in [0.1, 0.15) is 17.1 Å². The lowest BCUT2D eigenvalue weighted by atomic mass is 10.2. The number of rotatable bonds is 6. The fourth-order valence-electron chi connectivity index (χ4n) is 1.83. The lowest BCUT2D eigenvalue weighted by molar-refractivity contribution is -0.0129. The summed E-state index contributed by atoms with van der Waals surface area (Å²) >= 11 is 0. The van der Waals surface area contributed by atoms with Crippen molar-refractivity contribution in [1.82, 2.24) is 20.3 Å². The standard InChI is InChI=1S/C11H17N5O4/c12-11-15-8-5(2-14-9(8)10(20)16-11)1-13-3-6(18)7(19)4-17/h2,6-7,13-14,17-19H,1,3-4H2,(H3,12,15,16,20)/t6-,7+/m1/s1. The number of nitrogen functional groups attached to an aromatic ring is 1. The van der Waals surface area contributed by atoms with Crippen LogP contribution in [0.5, 0.6) is 0 Å². The van der Waals surface area contributed by atoms with Gasteiger partial charge in [0, 0.05) is 24.8 Å². The van der Waals surface area contributed by atoms with Gasteiger partial charge in [-0.2, -0.15) is 0 Å². The van der Waals surface area contributed by atoms with Gasteiger partial charge in [0.2, 0.25) is 5.95 Å². The molecule has 2 rings (SSSR count). The molecular formula is C11H17N5O4. The zero-order valence-electron chi connectivity index (χ0n) is 10.6. The molecule has 2 aromatic rings. The maximum absolute atomic E-state index is 11.6. The van der Waals surface area contributed by atoms with E-state index in [4.69, 9.17) is 10.8 Å². The lowest BCUT2D eigenvalue weighted by Crippen LogP contribution is -2.38. The van der Waals surface area contributed by atoms with Crippen molar-refractivity contribution in [2.24, 2.45) is 0 Å². The van der Waals surface area contributed by atoms with Crippen molar-refractivity contribution in [2.75, 3.05) is 18.9 Å². The Balaban J connectivity index is 2.06. The van der Waals surface area contributed by atoms with Crippen molar-refractivity contribution in [3.63, 3.8) is 0 Å². The van der Waals surface area contributed by atoms with Crippen molar-refractivity contribution in [1.29, 1.82) is 0 Å². The molecule has 0 saturated carbocycles. The molecule has 2 heterocycles. The molecule has 0 amide bonds. The number of H-pyrrole nitrogens is 2. The van der Waals surface area contributed by atoms with E-state index in [1.165, 1.54) is 0 Å². The highest BCUT2D eigenvalue weighted by molar-refractivity contribution is 5.78. The van der Waals surface area contributed by atoms with Crippen molar-refractivity contribution >= 4 is 17.0 Å². The van der Waals surface area contributed by atoms with E-state index in [9.17, 15) is 15.0 Å². The Bertz CT molecular complexity index is 637. The van der Waals surface area contributed by atoms with Crippen LogP contribution in [0.3, 0.4) is 0 Å². The van der Waals surface area contributed by atoms with Gasteiger partial charge >= 0.3 is 0 Å². The first kappa shape index (κ1) is 14.5.